The van der Waals surface area contributed by atoms with Gasteiger partial charge in [-0.05, 0) is 68.1 Å². The van der Waals surface area contributed by atoms with Crippen LogP contribution in [-0.4, -0.2) is 108 Å². The molecule has 0 saturated carbocycles. The number of carbonyl (C=O) groups excluding carboxylic acids is 3. The number of fused-ring (bicyclic) bond motifs is 9. The lowest BCUT2D eigenvalue weighted by molar-refractivity contribution is -0.158. The van der Waals surface area contributed by atoms with Crippen LogP contribution < -0.4 is 29.0 Å². The number of aliphatic hydroxyl groups excluding tert-OH is 1. The molecule has 2 fully saturated rings. The van der Waals surface area contributed by atoms with E-state index in [2.05, 4.69) is 15.1 Å². The average molecular weight is 816 g/mol. The number of aryl methyl sites for hydroxylation is 1. The monoisotopic (exact) mass is 815 g/mol. The van der Waals surface area contributed by atoms with Crippen LogP contribution in [0.3, 0.4) is 0 Å². The molecule has 1 spiro atoms. The molecule has 2 unspecified atom stereocenters. The summed E-state index contributed by atoms with van der Waals surface area (Å²) in [4.78, 5) is 45.2. The molecule has 10 rings (SSSR count). The van der Waals surface area contributed by atoms with Crippen molar-refractivity contribution in [2.45, 2.75) is 74.6 Å². The normalized spacial score (nSPS) is 28.4. The predicted octanol–water partition coefficient (Wildman–Crippen LogP) is 4.10. The van der Waals surface area contributed by atoms with E-state index in [0.29, 0.717) is 70.7 Å². The molecule has 7 atom stereocenters. The van der Waals surface area contributed by atoms with E-state index in [4.69, 9.17) is 28.4 Å². The Balaban J connectivity index is 1.36. The Morgan fingerprint density at radius 1 is 1.03 bits per heavy atom. The summed E-state index contributed by atoms with van der Waals surface area (Å²) in [6.45, 7) is 5.06. The third kappa shape index (κ3) is 5.27. The fourth-order valence-electron chi connectivity index (χ4n) is 10.6. The van der Waals surface area contributed by atoms with Crippen molar-refractivity contribution in [2.75, 3.05) is 47.0 Å². The predicted molar refractivity (Wildman–Crippen MR) is 209 cm³/mol. The van der Waals surface area contributed by atoms with E-state index in [-0.39, 0.29) is 47.7 Å². The van der Waals surface area contributed by atoms with Crippen molar-refractivity contribution in [1.29, 1.82) is 0 Å². The van der Waals surface area contributed by atoms with Gasteiger partial charge in [-0.3, -0.25) is 24.7 Å². The van der Waals surface area contributed by atoms with Crippen molar-refractivity contribution >= 4 is 30.0 Å². The van der Waals surface area contributed by atoms with E-state index in [0.717, 1.165) is 23.0 Å². The lowest BCUT2D eigenvalue weighted by Gasteiger charge is -2.63. The lowest BCUT2D eigenvalue weighted by Crippen LogP contribution is -2.70. The molecule has 16 heteroatoms. The number of hydrogen-bond donors (Lipinski definition) is 4. The van der Waals surface area contributed by atoms with Gasteiger partial charge < -0.3 is 43.7 Å². The highest BCUT2D eigenvalue weighted by molar-refractivity contribution is 7.99. The number of benzene rings is 3. The Labute approximate surface area is 338 Å². The number of carbonyl (C=O) groups is 3. The van der Waals surface area contributed by atoms with Crippen molar-refractivity contribution in [3.05, 3.63) is 74.5 Å². The minimum absolute atomic E-state index is 0.00236. The van der Waals surface area contributed by atoms with Gasteiger partial charge >= 0.3 is 11.9 Å². The summed E-state index contributed by atoms with van der Waals surface area (Å²) in [7, 11) is 4.91. The first-order chi connectivity index (χ1) is 27.9. The molecule has 7 aliphatic heterocycles. The molecule has 0 amide bonds. The number of thioether (sulfide) groups is 1. The van der Waals surface area contributed by atoms with Gasteiger partial charge in [-0.15, -0.1) is 11.8 Å². The number of phenolic OH excluding ortho intramolecular Hbond substituents is 2. The Kier molecular flexibility index (Phi) is 9.26. The van der Waals surface area contributed by atoms with Gasteiger partial charge in [0.2, 0.25) is 6.79 Å². The first-order valence-corrected chi connectivity index (χ1v) is 20.2. The standard InChI is InChI=1S/C42H45N3O12S/c1-18-9-22-10-25-32(23(13-46)14-47)45-26-15-54-41(51)42(24-12-28(52-5)27(49)11-21(24)7-8-43-42)16-58-40(34(45)33(44(25)4)29(22)35(50)36(18)53-6)31-30(26)39-38(55-17-56-39)19(2)37(31)57-20(3)48/h9,11-14,25-26,32-34,40,43,46,49-50H,7-8,10,15-17H2,1-6H3/b23-13-/t25?,26-,32-,33?,34+,40+,42+/m0/s1. The van der Waals surface area contributed by atoms with Crippen LogP contribution in [0, 0.1) is 13.8 Å². The molecule has 0 radical (unpaired) electrons. The molecule has 3 aromatic carbocycles. The molecule has 58 heavy (non-hydrogen) atoms. The number of aliphatic hydroxyl groups is 1. The molecule has 7 aliphatic rings. The van der Waals surface area contributed by atoms with Gasteiger partial charge in [-0.25, -0.2) is 4.79 Å². The van der Waals surface area contributed by atoms with Crippen LogP contribution in [0.5, 0.6) is 40.2 Å². The second-order valence-corrected chi connectivity index (χ2v) is 16.8. The molecule has 306 valence electrons. The van der Waals surface area contributed by atoms with Crippen molar-refractivity contribution in [1.82, 2.24) is 15.1 Å². The average Bonchev–Trinajstić information content (AvgIpc) is 3.69. The molecule has 0 aliphatic carbocycles. The second-order valence-electron chi connectivity index (χ2n) is 15.7. The van der Waals surface area contributed by atoms with Crippen LogP contribution in [0.4, 0.5) is 0 Å². The molecule has 2 saturated heterocycles. The van der Waals surface area contributed by atoms with E-state index in [9.17, 15) is 29.7 Å². The van der Waals surface area contributed by atoms with Crippen molar-refractivity contribution in [3.8, 4) is 40.2 Å². The number of piperazine rings is 1. The molecule has 0 aromatic heterocycles. The first-order valence-electron chi connectivity index (χ1n) is 19.2. The van der Waals surface area contributed by atoms with Crippen molar-refractivity contribution in [3.63, 3.8) is 0 Å². The topological polar surface area (TPSA) is 186 Å². The second kappa shape index (κ2) is 14.0. The van der Waals surface area contributed by atoms with Gasteiger partial charge in [0.25, 0.3) is 0 Å². The zero-order valence-electron chi connectivity index (χ0n) is 32.9. The molecule has 7 heterocycles. The summed E-state index contributed by atoms with van der Waals surface area (Å²) < 4.78 is 36.2. The summed E-state index contributed by atoms with van der Waals surface area (Å²) >= 11 is 1.44. The van der Waals surface area contributed by atoms with Crippen LogP contribution in [0.25, 0.3) is 0 Å². The summed E-state index contributed by atoms with van der Waals surface area (Å²) in [5.41, 5.74) is 4.10. The van der Waals surface area contributed by atoms with Gasteiger partial charge in [-0.2, -0.15) is 0 Å². The van der Waals surface area contributed by atoms with Crippen LogP contribution in [0.1, 0.15) is 68.8 Å². The number of esters is 2. The number of phenols is 2. The van der Waals surface area contributed by atoms with Crippen LogP contribution in [0.15, 0.2) is 30.0 Å². The fraction of sp³-hybridized carbons (Fsp3) is 0.452. The fourth-order valence-corrected chi connectivity index (χ4v) is 12.3. The third-order valence-electron chi connectivity index (χ3n) is 12.9. The number of rotatable bonds is 5. The molecular weight excluding hydrogens is 771 g/mol. The zero-order valence-corrected chi connectivity index (χ0v) is 33.7. The number of aromatic hydroxyl groups is 2. The molecule has 4 N–H and O–H groups in total. The summed E-state index contributed by atoms with van der Waals surface area (Å²) in [5.74, 6) is 0.570. The van der Waals surface area contributed by atoms with Gasteiger partial charge in [-0.1, -0.05) is 6.07 Å². The Hall–Kier alpha value is -5.16. The van der Waals surface area contributed by atoms with Crippen molar-refractivity contribution < 1.29 is 58.1 Å². The van der Waals surface area contributed by atoms with Crippen LogP contribution in [0.2, 0.25) is 0 Å². The summed E-state index contributed by atoms with van der Waals surface area (Å²) in [6.07, 6.45) is 2.43. The lowest BCUT2D eigenvalue weighted by atomic mass is 9.70. The van der Waals surface area contributed by atoms with E-state index in [1.54, 1.807) is 19.1 Å². The number of aldehydes is 1. The molecular formula is C42H45N3O12S. The number of hydrogen-bond acceptors (Lipinski definition) is 16. The number of nitrogens with zero attached hydrogens (tertiary/aromatic N) is 2. The highest BCUT2D eigenvalue weighted by atomic mass is 32.2. The van der Waals surface area contributed by atoms with Gasteiger partial charge in [0.1, 0.15) is 12.4 Å². The minimum atomic E-state index is -1.41. The summed E-state index contributed by atoms with van der Waals surface area (Å²) in [5, 5.41) is 36.5. The summed E-state index contributed by atoms with van der Waals surface area (Å²) in [6, 6.07) is 2.10. The smallest absolute Gasteiger partial charge is 0.331 e. The Morgan fingerprint density at radius 2 is 1.81 bits per heavy atom. The van der Waals surface area contributed by atoms with Crippen molar-refractivity contribution in [2.24, 2.45) is 0 Å². The maximum atomic E-state index is 14.9. The highest BCUT2D eigenvalue weighted by Crippen LogP contribution is 2.65. The zero-order chi connectivity index (χ0) is 40.9. The minimum Gasteiger partial charge on any atom is -0.515 e. The van der Waals surface area contributed by atoms with Gasteiger partial charge in [0, 0.05) is 59.1 Å². The quantitative estimate of drug-likeness (QED) is 0.0948. The Bertz CT molecular complexity index is 2320. The van der Waals surface area contributed by atoms with Crippen LogP contribution >= 0.6 is 11.8 Å². The number of methoxy groups -OCH3 is 2. The number of ether oxygens (including phenoxy) is 6. The first kappa shape index (κ1) is 38.4. The maximum Gasteiger partial charge on any atom is 0.331 e. The van der Waals surface area contributed by atoms with E-state index in [1.807, 2.05) is 20.0 Å². The van der Waals surface area contributed by atoms with E-state index in [1.165, 1.54) is 32.9 Å². The number of likely N-dealkylation sites (N-methyl/N-ethyl adjacent to an activating group) is 1. The largest absolute Gasteiger partial charge is 0.515 e. The number of nitrogens with one attached hydrogen (secondary N) is 1. The Morgan fingerprint density at radius 3 is 2.52 bits per heavy atom. The molecule has 15 nitrogen and oxygen atoms in total. The van der Waals surface area contributed by atoms with Gasteiger partial charge in [0.05, 0.1) is 43.9 Å². The third-order valence-corrected chi connectivity index (χ3v) is 14.4. The van der Waals surface area contributed by atoms with E-state index >= 15 is 0 Å². The SMILES string of the molecule is COc1cc2c(cc1O)CCN[C@]21CS[C@@H]2c3c(OC(C)=O)c(C)c4c(c3[C@H](COC1=O)N1[C@@H]2C2c3c(cc(C)c(OC)c3O)CC([C@@H]1/C(C=O)=C\O)N2C)OCO4. The highest BCUT2D eigenvalue weighted by Gasteiger charge is 2.62. The molecule has 4 bridgehead atoms. The van der Waals surface area contributed by atoms with E-state index < -0.39 is 52.9 Å². The molecule has 3 aromatic rings. The van der Waals surface area contributed by atoms with Crippen LogP contribution in [-0.2, 0) is 37.5 Å². The van der Waals surface area contributed by atoms with Gasteiger partial charge in [0.15, 0.2) is 46.3 Å². The maximum absolute atomic E-state index is 14.9.